The van der Waals surface area contributed by atoms with Gasteiger partial charge in [0.2, 0.25) is 0 Å². The lowest BCUT2D eigenvalue weighted by molar-refractivity contribution is 0.628. The normalized spacial score (nSPS) is 15.4. The van der Waals surface area contributed by atoms with E-state index >= 15 is 0 Å². The second kappa shape index (κ2) is 11.1. The van der Waals surface area contributed by atoms with Gasteiger partial charge in [-0.2, -0.15) is 0 Å². The van der Waals surface area contributed by atoms with Gasteiger partial charge in [-0.25, -0.2) is 0 Å². The molecule has 1 aliphatic rings. The minimum atomic E-state index is -1.01. The highest BCUT2D eigenvalue weighted by Gasteiger charge is 2.47. The van der Waals surface area contributed by atoms with E-state index in [9.17, 15) is 0 Å². The second-order valence-corrected chi connectivity index (χ2v) is 13.5. The van der Waals surface area contributed by atoms with Gasteiger partial charge in [-0.05, 0) is 83.4 Å². The Labute approximate surface area is 259 Å². The molecule has 0 amide bonds. The predicted octanol–water partition coefficient (Wildman–Crippen LogP) is 10.0. The zero-order valence-electron chi connectivity index (χ0n) is 22.0. The summed E-state index contributed by atoms with van der Waals surface area (Å²) >= 11 is 7.80. The quantitative estimate of drug-likeness (QED) is 0.159. The van der Waals surface area contributed by atoms with Crippen LogP contribution in [-0.2, 0) is 5.41 Å². The third-order valence-electron chi connectivity index (χ3n) is 7.76. The number of fused-ring (bicyclic) bond motifs is 3. The van der Waals surface area contributed by atoms with E-state index in [4.69, 9.17) is 4.52 Å². The van der Waals surface area contributed by atoms with E-state index in [0.717, 1.165) is 14.7 Å². The van der Waals surface area contributed by atoms with Crippen molar-refractivity contribution in [3.8, 4) is 16.9 Å². The fraction of sp³-hybridized carbons (Fsp3) is 0.0270. The van der Waals surface area contributed by atoms with Crippen molar-refractivity contribution in [2.24, 2.45) is 0 Å². The van der Waals surface area contributed by atoms with E-state index in [1.54, 1.807) is 0 Å². The molecule has 0 saturated heterocycles. The molecule has 198 valence electrons. The first-order valence-corrected chi connectivity index (χ1v) is 16.3. The summed E-state index contributed by atoms with van der Waals surface area (Å²) in [6.07, 6.45) is 0. The third-order valence-corrected chi connectivity index (χ3v) is 11.7. The zero-order chi connectivity index (χ0) is 27.8. The van der Waals surface area contributed by atoms with Crippen LogP contribution in [0.25, 0.3) is 11.1 Å². The molecule has 0 heterocycles. The molecule has 1 atom stereocenters. The Bertz CT molecular complexity index is 1780. The molecule has 0 spiro atoms. The van der Waals surface area contributed by atoms with E-state index in [0.29, 0.717) is 0 Å². The Kier molecular flexibility index (Phi) is 7.13. The van der Waals surface area contributed by atoms with E-state index < -0.39 is 13.6 Å². The summed E-state index contributed by atoms with van der Waals surface area (Å²) in [5, 5.41) is 2.37. The first-order chi connectivity index (χ1) is 20.2. The van der Waals surface area contributed by atoms with Crippen molar-refractivity contribution in [2.75, 3.05) is 0 Å². The van der Waals surface area contributed by atoms with Crippen LogP contribution in [0, 0.1) is 0 Å². The lowest BCUT2D eigenvalue weighted by Gasteiger charge is -2.34. The van der Waals surface area contributed by atoms with Crippen molar-refractivity contribution in [3.63, 3.8) is 0 Å². The van der Waals surface area contributed by atoms with Crippen LogP contribution in [0.5, 0.6) is 5.75 Å². The fourth-order valence-corrected chi connectivity index (χ4v) is 8.73. The highest BCUT2D eigenvalue weighted by Crippen LogP contribution is 2.59. The Hall–Kier alpha value is -3.49. The molecule has 0 saturated carbocycles. The summed E-state index contributed by atoms with van der Waals surface area (Å²) in [5.41, 5.74) is 6.98. The average Bonchev–Trinajstić information content (AvgIpc) is 3.35. The molecule has 4 heteroatoms. The standard InChI is InChI=1S/C37H25Br2OP/c38-34-25-24-32-31-18-10-11-19-33(31)37(35(32)36(34)39,26-12-4-1-5-13-26)27-20-22-28(23-21-27)40-41(29-14-6-2-7-15-29)30-16-8-3-9-17-30/h1-25H. The Balaban J connectivity index is 1.39. The SMILES string of the molecule is Brc1ccc2c(c1Br)C(c1ccccc1)(c1ccc(OP(c3ccccc3)c3ccccc3)cc1)c1ccccc1-2. The smallest absolute Gasteiger partial charge is 0.150 e. The molecule has 41 heavy (non-hydrogen) atoms. The molecule has 0 radical (unpaired) electrons. The zero-order valence-corrected chi connectivity index (χ0v) is 26.1. The van der Waals surface area contributed by atoms with Crippen LogP contribution < -0.4 is 15.1 Å². The topological polar surface area (TPSA) is 9.23 Å². The second-order valence-electron chi connectivity index (χ2n) is 10.0. The van der Waals surface area contributed by atoms with E-state index in [-0.39, 0.29) is 0 Å². The van der Waals surface area contributed by atoms with Crippen LogP contribution in [0.2, 0.25) is 0 Å². The minimum absolute atomic E-state index is 0.488. The first-order valence-electron chi connectivity index (χ1n) is 13.5. The third kappa shape index (κ3) is 4.48. The Morgan fingerprint density at radius 1 is 0.488 bits per heavy atom. The summed E-state index contributed by atoms with van der Waals surface area (Å²) < 4.78 is 8.89. The highest BCUT2D eigenvalue weighted by atomic mass is 79.9. The maximum atomic E-state index is 6.77. The number of benzene rings is 6. The average molecular weight is 676 g/mol. The number of hydrogen-bond donors (Lipinski definition) is 0. The van der Waals surface area contributed by atoms with Crippen LogP contribution in [-0.4, -0.2) is 0 Å². The van der Waals surface area contributed by atoms with Gasteiger partial charge in [0.05, 0.1) is 5.41 Å². The Morgan fingerprint density at radius 2 is 1.02 bits per heavy atom. The van der Waals surface area contributed by atoms with Gasteiger partial charge in [0.1, 0.15) is 5.75 Å². The van der Waals surface area contributed by atoms with Gasteiger partial charge in [-0.15, -0.1) is 0 Å². The largest absolute Gasteiger partial charge is 0.464 e. The van der Waals surface area contributed by atoms with Gasteiger partial charge in [-0.3, -0.25) is 0 Å². The minimum Gasteiger partial charge on any atom is -0.464 e. The fourth-order valence-electron chi connectivity index (χ4n) is 6.03. The van der Waals surface area contributed by atoms with E-state index in [2.05, 4.69) is 171 Å². The Morgan fingerprint density at radius 3 is 1.66 bits per heavy atom. The maximum Gasteiger partial charge on any atom is 0.150 e. The van der Waals surface area contributed by atoms with Crippen molar-refractivity contribution < 1.29 is 4.52 Å². The van der Waals surface area contributed by atoms with Gasteiger partial charge in [0.15, 0.2) is 8.15 Å². The molecular formula is C37H25Br2OP. The van der Waals surface area contributed by atoms with Crippen molar-refractivity contribution in [1.29, 1.82) is 0 Å². The van der Waals surface area contributed by atoms with Crippen molar-refractivity contribution in [1.82, 2.24) is 0 Å². The molecule has 6 aromatic carbocycles. The van der Waals surface area contributed by atoms with Gasteiger partial charge >= 0.3 is 0 Å². The van der Waals surface area contributed by atoms with Crippen molar-refractivity contribution in [3.05, 3.63) is 183 Å². The van der Waals surface area contributed by atoms with Crippen molar-refractivity contribution in [2.45, 2.75) is 5.41 Å². The molecule has 7 rings (SSSR count). The molecule has 1 unspecified atom stereocenters. The summed E-state index contributed by atoms with van der Waals surface area (Å²) in [6, 6.07) is 53.8. The monoisotopic (exact) mass is 674 g/mol. The molecule has 0 aliphatic heterocycles. The van der Waals surface area contributed by atoms with Gasteiger partial charge < -0.3 is 4.52 Å². The number of rotatable bonds is 6. The number of halogens is 2. The van der Waals surface area contributed by atoms with E-state index in [1.807, 2.05) is 12.1 Å². The van der Waals surface area contributed by atoms with Crippen LogP contribution >= 0.6 is 40.0 Å². The highest BCUT2D eigenvalue weighted by molar-refractivity contribution is 9.13. The van der Waals surface area contributed by atoms with Crippen LogP contribution in [0.1, 0.15) is 22.3 Å². The predicted molar refractivity (Wildman–Crippen MR) is 179 cm³/mol. The molecule has 1 nitrogen and oxygen atoms in total. The van der Waals surface area contributed by atoms with Gasteiger partial charge in [0, 0.05) is 19.6 Å². The maximum absolute atomic E-state index is 6.77. The van der Waals surface area contributed by atoms with Crippen molar-refractivity contribution >= 4 is 50.6 Å². The lowest BCUT2D eigenvalue weighted by atomic mass is 9.68. The van der Waals surface area contributed by atoms with Crippen LogP contribution in [0.3, 0.4) is 0 Å². The summed E-state index contributed by atoms with van der Waals surface area (Å²) in [7, 11) is -1.01. The first kappa shape index (κ1) is 26.4. The van der Waals surface area contributed by atoms with Gasteiger partial charge in [0.25, 0.3) is 0 Å². The summed E-state index contributed by atoms with van der Waals surface area (Å²) in [5.74, 6) is 0.857. The molecule has 6 aromatic rings. The molecular weight excluding hydrogens is 651 g/mol. The molecule has 1 aliphatic carbocycles. The van der Waals surface area contributed by atoms with Crippen LogP contribution in [0.15, 0.2) is 161 Å². The summed E-state index contributed by atoms with van der Waals surface area (Å²) in [6.45, 7) is 0. The van der Waals surface area contributed by atoms with Crippen LogP contribution in [0.4, 0.5) is 0 Å². The molecule has 0 bridgehead atoms. The van der Waals surface area contributed by atoms with Gasteiger partial charge in [-0.1, -0.05) is 133 Å². The number of hydrogen-bond acceptors (Lipinski definition) is 1. The molecule has 0 N–H and O–H groups in total. The molecule has 0 aromatic heterocycles. The summed E-state index contributed by atoms with van der Waals surface area (Å²) in [4.78, 5) is 0. The molecule has 0 fully saturated rings. The lowest BCUT2D eigenvalue weighted by Crippen LogP contribution is -2.29. The van der Waals surface area contributed by atoms with E-state index in [1.165, 1.54) is 44.0 Å².